The van der Waals surface area contributed by atoms with Crippen LogP contribution >= 0.6 is 0 Å². The number of pyridine rings is 1. The molecule has 0 aliphatic heterocycles. The molecule has 188 valence electrons. The number of halogens is 1. The Hall–Kier alpha value is -3.97. The normalized spacial score (nSPS) is 11.9. The largest absolute Gasteiger partial charge is 0.492 e. The Morgan fingerprint density at radius 2 is 1.86 bits per heavy atom. The van der Waals surface area contributed by atoms with Crippen molar-refractivity contribution in [2.75, 3.05) is 39.5 Å². The summed E-state index contributed by atoms with van der Waals surface area (Å²) in [5.41, 5.74) is 11.0. The lowest BCUT2D eigenvalue weighted by molar-refractivity contribution is 0.316. The first kappa shape index (κ1) is 26.6. The molecule has 0 atom stereocenters. The predicted octanol–water partition coefficient (Wildman–Crippen LogP) is 5.37. The highest BCUT2D eigenvalue weighted by Gasteiger charge is 2.16. The van der Waals surface area contributed by atoms with Gasteiger partial charge in [0.05, 0.1) is 5.56 Å². The number of nitrogens with two attached hydrogens (primary N) is 1. The monoisotopic (exact) mass is 487 g/mol. The van der Waals surface area contributed by atoms with Crippen LogP contribution in [0.15, 0.2) is 79.3 Å². The summed E-state index contributed by atoms with van der Waals surface area (Å²) in [6.45, 7) is 4.14. The molecule has 1 aromatic heterocycles. The summed E-state index contributed by atoms with van der Waals surface area (Å²) in [6.07, 6.45) is 8.37. The summed E-state index contributed by atoms with van der Waals surface area (Å²) >= 11 is 0. The number of allylic oxidation sites excluding steroid dienone is 1. The first-order valence-corrected chi connectivity index (χ1v) is 12.0. The summed E-state index contributed by atoms with van der Waals surface area (Å²) in [4.78, 5) is 6.28. The van der Waals surface area contributed by atoms with Gasteiger partial charge in [0.15, 0.2) is 0 Å². The van der Waals surface area contributed by atoms with Crippen LogP contribution < -0.4 is 15.8 Å². The number of aromatic nitrogens is 1. The van der Waals surface area contributed by atoms with E-state index in [1.807, 2.05) is 73.9 Å². The highest BCUT2D eigenvalue weighted by molar-refractivity contribution is 6.02. The first-order chi connectivity index (χ1) is 17.4. The molecule has 7 heteroatoms. The molecular formula is C29H34FN5O. The van der Waals surface area contributed by atoms with Crippen molar-refractivity contribution in [2.45, 2.75) is 13.3 Å². The van der Waals surface area contributed by atoms with Gasteiger partial charge in [-0.15, -0.1) is 0 Å². The molecule has 0 unspecified atom stereocenters. The minimum atomic E-state index is -1.05. The summed E-state index contributed by atoms with van der Waals surface area (Å²) in [5.74, 6) is -0.283. The number of benzene rings is 2. The van der Waals surface area contributed by atoms with Crippen LogP contribution in [-0.4, -0.2) is 49.6 Å². The van der Waals surface area contributed by atoms with E-state index in [4.69, 9.17) is 15.9 Å². The van der Waals surface area contributed by atoms with E-state index in [-0.39, 0.29) is 11.3 Å². The number of anilines is 1. The van der Waals surface area contributed by atoms with Crippen molar-refractivity contribution in [3.05, 3.63) is 102 Å². The van der Waals surface area contributed by atoms with Gasteiger partial charge in [-0.05, 0) is 70.8 Å². The van der Waals surface area contributed by atoms with Gasteiger partial charge >= 0.3 is 0 Å². The number of hydrogen-bond donors (Lipinski definition) is 3. The molecule has 3 rings (SSSR count). The minimum absolute atomic E-state index is 0.0829. The van der Waals surface area contributed by atoms with Gasteiger partial charge in [0, 0.05) is 45.3 Å². The maximum atomic E-state index is 13.9. The number of ether oxygens (including phenoxy) is 1. The van der Waals surface area contributed by atoms with Crippen molar-refractivity contribution >= 4 is 22.8 Å². The Balaban J connectivity index is 1.88. The Kier molecular flexibility index (Phi) is 9.77. The van der Waals surface area contributed by atoms with Gasteiger partial charge in [0.2, 0.25) is 5.97 Å². The molecule has 36 heavy (non-hydrogen) atoms. The fourth-order valence-corrected chi connectivity index (χ4v) is 3.89. The molecule has 1 heterocycles. The molecule has 0 amide bonds. The average molecular weight is 488 g/mol. The van der Waals surface area contributed by atoms with Crippen LogP contribution in [0.25, 0.3) is 11.1 Å². The zero-order chi connectivity index (χ0) is 25.9. The first-order valence-electron chi connectivity index (χ1n) is 12.0. The molecule has 0 saturated carbocycles. The van der Waals surface area contributed by atoms with E-state index >= 15 is 0 Å². The maximum absolute atomic E-state index is 13.9. The van der Waals surface area contributed by atoms with E-state index < -0.39 is 5.97 Å². The summed E-state index contributed by atoms with van der Waals surface area (Å²) < 4.78 is 19.8. The van der Waals surface area contributed by atoms with Crippen LogP contribution in [0.3, 0.4) is 0 Å². The zero-order valence-electron chi connectivity index (χ0n) is 21.1. The van der Waals surface area contributed by atoms with Gasteiger partial charge in [-0.1, -0.05) is 37.3 Å². The molecule has 4 N–H and O–H groups in total. The van der Waals surface area contributed by atoms with E-state index in [1.54, 1.807) is 18.3 Å². The highest BCUT2D eigenvalue weighted by Crippen LogP contribution is 2.36. The molecule has 0 aliphatic carbocycles. The van der Waals surface area contributed by atoms with Crippen molar-refractivity contribution in [1.29, 1.82) is 5.41 Å². The summed E-state index contributed by atoms with van der Waals surface area (Å²) in [6, 6.07) is 16.9. The van der Waals surface area contributed by atoms with Crippen LogP contribution in [0.2, 0.25) is 0 Å². The molecule has 3 aromatic rings. The molecule has 0 spiro atoms. The number of nitrogens with one attached hydrogen (secondary N) is 2. The molecule has 0 saturated heterocycles. The van der Waals surface area contributed by atoms with E-state index in [2.05, 4.69) is 23.3 Å². The molecule has 0 aliphatic rings. The van der Waals surface area contributed by atoms with Crippen molar-refractivity contribution in [3.63, 3.8) is 0 Å². The standard InChI is InChI=1S/C29H34FN5O/c1-4-25(23-7-5-14-34-20-23)28(22-10-13-27(31)26(19-22)29(30)32)21-8-11-24(12-9-21)36-18-16-33-15-6-17-35(2)3/h5-14,17,19-20,32-33H,4,15-16,18,31H2,1-3H3/b17-6+,28-25+,32-29?. The Labute approximate surface area is 212 Å². The lowest BCUT2D eigenvalue weighted by Crippen LogP contribution is -2.21. The van der Waals surface area contributed by atoms with Gasteiger partial charge in [-0.25, -0.2) is 0 Å². The van der Waals surface area contributed by atoms with Crippen LogP contribution in [0.5, 0.6) is 5.75 Å². The lowest BCUT2D eigenvalue weighted by Gasteiger charge is -2.17. The van der Waals surface area contributed by atoms with Gasteiger partial charge < -0.3 is 20.7 Å². The van der Waals surface area contributed by atoms with E-state index in [0.29, 0.717) is 6.61 Å². The van der Waals surface area contributed by atoms with Crippen molar-refractivity contribution in [1.82, 2.24) is 15.2 Å². The van der Waals surface area contributed by atoms with Crippen molar-refractivity contribution < 1.29 is 9.13 Å². The van der Waals surface area contributed by atoms with E-state index in [1.165, 1.54) is 0 Å². The van der Waals surface area contributed by atoms with Gasteiger partial charge in [-0.3, -0.25) is 10.4 Å². The third-order valence-electron chi connectivity index (χ3n) is 5.60. The Morgan fingerprint density at radius 1 is 1.11 bits per heavy atom. The molecule has 0 bridgehead atoms. The highest BCUT2D eigenvalue weighted by atomic mass is 19.1. The Morgan fingerprint density at radius 3 is 2.50 bits per heavy atom. The summed E-state index contributed by atoms with van der Waals surface area (Å²) in [5, 5.41) is 10.8. The van der Waals surface area contributed by atoms with Gasteiger partial charge in [0.1, 0.15) is 12.4 Å². The molecule has 6 nitrogen and oxygen atoms in total. The lowest BCUT2D eigenvalue weighted by atomic mass is 9.88. The molecule has 0 fully saturated rings. The fraction of sp³-hybridized carbons (Fsp3) is 0.241. The minimum Gasteiger partial charge on any atom is -0.492 e. The molecule has 2 aromatic carbocycles. The molecule has 0 radical (unpaired) electrons. The smallest absolute Gasteiger partial charge is 0.214 e. The number of nitrogen functional groups attached to an aromatic ring is 1. The van der Waals surface area contributed by atoms with Crippen molar-refractivity contribution in [3.8, 4) is 5.75 Å². The topological polar surface area (TPSA) is 87.3 Å². The second-order valence-electron chi connectivity index (χ2n) is 8.49. The fourth-order valence-electron chi connectivity index (χ4n) is 3.89. The van der Waals surface area contributed by atoms with E-state index in [0.717, 1.165) is 53.1 Å². The number of hydrogen-bond acceptors (Lipinski definition) is 6. The van der Waals surface area contributed by atoms with E-state index in [9.17, 15) is 4.39 Å². The molecular weight excluding hydrogens is 453 g/mol. The number of rotatable bonds is 12. The maximum Gasteiger partial charge on any atom is 0.214 e. The zero-order valence-corrected chi connectivity index (χ0v) is 21.1. The second kappa shape index (κ2) is 13.2. The Bertz CT molecular complexity index is 1200. The van der Waals surface area contributed by atoms with Crippen LogP contribution in [0.1, 0.15) is 35.6 Å². The van der Waals surface area contributed by atoms with Crippen LogP contribution in [0.4, 0.5) is 10.1 Å². The SMILES string of the molecule is CC/C(=C(/c1ccc(OCCNC/C=C/N(C)C)cc1)c1ccc(N)c(C(=N)F)c1)c1cccnc1. The predicted molar refractivity (Wildman–Crippen MR) is 147 cm³/mol. The van der Waals surface area contributed by atoms with Crippen molar-refractivity contribution in [2.24, 2.45) is 0 Å². The average Bonchev–Trinajstić information content (AvgIpc) is 2.88. The van der Waals surface area contributed by atoms with Gasteiger partial charge in [0.25, 0.3) is 0 Å². The van der Waals surface area contributed by atoms with Gasteiger partial charge in [-0.2, -0.15) is 4.39 Å². The van der Waals surface area contributed by atoms with Crippen LogP contribution in [0, 0.1) is 5.41 Å². The van der Waals surface area contributed by atoms with Crippen LogP contribution in [-0.2, 0) is 0 Å². The third kappa shape index (κ3) is 7.26. The summed E-state index contributed by atoms with van der Waals surface area (Å²) in [7, 11) is 3.98. The number of nitrogens with zero attached hydrogens (tertiary/aromatic N) is 2. The quantitative estimate of drug-likeness (QED) is 0.182. The second-order valence-corrected chi connectivity index (χ2v) is 8.49. The third-order valence-corrected chi connectivity index (χ3v) is 5.60.